The molecule has 0 aliphatic heterocycles. The van der Waals surface area contributed by atoms with Crippen molar-refractivity contribution in [1.82, 2.24) is 0 Å². The first-order chi connectivity index (χ1) is 14.7. The van der Waals surface area contributed by atoms with Crippen LogP contribution in [0.3, 0.4) is 0 Å². The van der Waals surface area contributed by atoms with Crippen molar-refractivity contribution in [2.45, 2.75) is 0 Å². The smallest absolute Gasteiger partial charge is 0.271 e. The Hall–Kier alpha value is -4.38. The van der Waals surface area contributed by atoms with Crippen LogP contribution in [-0.2, 0) is 0 Å². The fraction of sp³-hybridized carbons (Fsp3) is 0. The highest BCUT2D eigenvalue weighted by Crippen LogP contribution is 2.32. The lowest BCUT2D eigenvalue weighted by Crippen LogP contribution is -1.87. The summed E-state index contributed by atoms with van der Waals surface area (Å²) in [6.07, 6.45) is 1.20. The van der Waals surface area contributed by atoms with E-state index in [4.69, 9.17) is 11.6 Å². The number of nitro benzene ring substituents is 2. The highest BCUT2D eigenvalue weighted by Gasteiger charge is 2.11. The number of phenols is 2. The van der Waals surface area contributed by atoms with Gasteiger partial charge in [0.2, 0.25) is 0 Å². The highest BCUT2D eigenvalue weighted by atomic mass is 35.5. The summed E-state index contributed by atoms with van der Waals surface area (Å²) in [6.45, 7) is 0. The molecule has 0 saturated carbocycles. The maximum Gasteiger partial charge on any atom is 0.271 e. The van der Waals surface area contributed by atoms with Gasteiger partial charge in [0.1, 0.15) is 22.9 Å². The molecule has 0 spiro atoms. The van der Waals surface area contributed by atoms with Gasteiger partial charge in [-0.05, 0) is 30.3 Å². The van der Waals surface area contributed by atoms with Crippen molar-refractivity contribution in [1.29, 1.82) is 0 Å². The summed E-state index contributed by atoms with van der Waals surface area (Å²) < 4.78 is 0. The Balaban J connectivity index is 1.87. The van der Waals surface area contributed by atoms with E-state index in [9.17, 15) is 30.4 Å². The number of halogens is 1. The summed E-state index contributed by atoms with van der Waals surface area (Å²) >= 11 is 5.97. The van der Waals surface area contributed by atoms with E-state index in [2.05, 4.69) is 15.2 Å². The number of rotatable bonds is 6. The van der Waals surface area contributed by atoms with E-state index in [1.807, 2.05) is 0 Å². The number of phenolic OH excluding ortho intramolecular Hbond substituents is 2. The van der Waals surface area contributed by atoms with Crippen LogP contribution in [0.15, 0.2) is 69.8 Å². The molecular formula is C19H12ClN5O6. The molecule has 31 heavy (non-hydrogen) atoms. The second-order valence-corrected chi connectivity index (χ2v) is 6.43. The molecule has 11 nitrogen and oxygen atoms in total. The number of azo groups is 1. The van der Waals surface area contributed by atoms with Crippen LogP contribution in [0, 0.1) is 20.2 Å². The molecule has 0 bridgehead atoms. The molecule has 3 aromatic carbocycles. The lowest BCUT2D eigenvalue weighted by atomic mass is 10.2. The van der Waals surface area contributed by atoms with Crippen molar-refractivity contribution in [3.05, 3.63) is 85.4 Å². The first-order valence-corrected chi connectivity index (χ1v) is 8.82. The fourth-order valence-corrected chi connectivity index (χ4v) is 2.59. The summed E-state index contributed by atoms with van der Waals surface area (Å²) in [6, 6.07) is 11.3. The molecule has 2 N–H and O–H groups in total. The van der Waals surface area contributed by atoms with E-state index in [1.165, 1.54) is 36.5 Å². The SMILES string of the molecule is O=[N+]([O-])c1ccc(N=Nc2ccc(O)c(C=Nc3cc([N+](=O)[O-])ccc3O)c2)c(Cl)c1. The van der Waals surface area contributed by atoms with Gasteiger partial charge in [0, 0.05) is 36.0 Å². The van der Waals surface area contributed by atoms with Crippen LogP contribution in [0.1, 0.15) is 5.56 Å². The van der Waals surface area contributed by atoms with Crippen molar-refractivity contribution < 1.29 is 20.1 Å². The molecule has 0 heterocycles. The molecule has 3 rings (SSSR count). The van der Waals surface area contributed by atoms with Crippen LogP contribution in [-0.4, -0.2) is 26.3 Å². The van der Waals surface area contributed by atoms with Crippen molar-refractivity contribution >= 4 is 46.3 Å². The summed E-state index contributed by atoms with van der Waals surface area (Å²) in [4.78, 5) is 24.4. The second kappa shape index (κ2) is 8.97. The predicted molar refractivity (Wildman–Crippen MR) is 112 cm³/mol. The third-order valence-corrected chi connectivity index (χ3v) is 4.24. The monoisotopic (exact) mass is 441 g/mol. The second-order valence-electron chi connectivity index (χ2n) is 6.02. The minimum Gasteiger partial charge on any atom is -0.507 e. The van der Waals surface area contributed by atoms with E-state index in [1.54, 1.807) is 0 Å². The van der Waals surface area contributed by atoms with E-state index in [0.717, 1.165) is 24.3 Å². The van der Waals surface area contributed by atoms with Gasteiger partial charge in [-0.1, -0.05) is 11.6 Å². The number of aromatic hydroxyl groups is 2. The van der Waals surface area contributed by atoms with Crippen LogP contribution in [0.25, 0.3) is 0 Å². The van der Waals surface area contributed by atoms with Gasteiger partial charge >= 0.3 is 0 Å². The topological polar surface area (TPSA) is 164 Å². The molecule has 0 aliphatic rings. The number of non-ortho nitro benzene ring substituents is 2. The summed E-state index contributed by atoms with van der Waals surface area (Å²) in [5, 5.41) is 49.4. The molecule has 0 amide bonds. The maximum atomic E-state index is 10.9. The minimum absolute atomic E-state index is 0.0414. The molecule has 12 heteroatoms. The zero-order valence-corrected chi connectivity index (χ0v) is 16.2. The largest absolute Gasteiger partial charge is 0.507 e. The van der Waals surface area contributed by atoms with Crippen molar-refractivity contribution in [2.75, 3.05) is 0 Å². The molecule has 3 aromatic rings. The van der Waals surface area contributed by atoms with Crippen LogP contribution in [0.5, 0.6) is 11.5 Å². The standard InChI is InChI=1S/C19H12ClN5O6/c20-15-8-13(24(28)29)2-4-16(15)23-22-12-1-5-18(26)11(7-12)10-21-17-9-14(25(30)31)3-6-19(17)27/h1-10,26-27H. The number of nitro groups is 2. The molecule has 0 atom stereocenters. The first kappa shape index (κ1) is 21.3. The van der Waals surface area contributed by atoms with Gasteiger partial charge in [0.15, 0.2) is 0 Å². The Morgan fingerprint density at radius 2 is 1.45 bits per heavy atom. The average Bonchev–Trinajstić information content (AvgIpc) is 2.73. The van der Waals surface area contributed by atoms with Gasteiger partial charge in [0.25, 0.3) is 11.4 Å². The summed E-state index contributed by atoms with van der Waals surface area (Å²) in [7, 11) is 0. The predicted octanol–water partition coefficient (Wildman–Crippen LogP) is 5.73. The van der Waals surface area contributed by atoms with Crippen LogP contribution < -0.4 is 0 Å². The molecule has 156 valence electrons. The Morgan fingerprint density at radius 3 is 2.13 bits per heavy atom. The Kier molecular flexibility index (Phi) is 6.17. The molecule has 0 aliphatic carbocycles. The van der Waals surface area contributed by atoms with Gasteiger partial charge in [-0.3, -0.25) is 25.2 Å². The van der Waals surface area contributed by atoms with E-state index >= 15 is 0 Å². The van der Waals surface area contributed by atoms with Crippen LogP contribution in [0.2, 0.25) is 5.02 Å². The van der Waals surface area contributed by atoms with Crippen LogP contribution >= 0.6 is 11.6 Å². The zero-order chi connectivity index (χ0) is 22.5. The Labute approximate surface area is 178 Å². The summed E-state index contributed by atoms with van der Waals surface area (Å²) in [5.74, 6) is -0.425. The molecule has 0 unspecified atom stereocenters. The van der Waals surface area contributed by atoms with E-state index in [0.29, 0.717) is 5.69 Å². The van der Waals surface area contributed by atoms with Crippen LogP contribution in [0.4, 0.5) is 28.4 Å². The lowest BCUT2D eigenvalue weighted by molar-refractivity contribution is -0.385. The lowest BCUT2D eigenvalue weighted by Gasteiger charge is -2.02. The van der Waals surface area contributed by atoms with Gasteiger partial charge in [-0.25, -0.2) is 0 Å². The zero-order valence-electron chi connectivity index (χ0n) is 15.4. The summed E-state index contributed by atoms with van der Waals surface area (Å²) in [5.41, 5.74) is 0.220. The maximum absolute atomic E-state index is 10.9. The first-order valence-electron chi connectivity index (χ1n) is 8.45. The molecule has 0 saturated heterocycles. The third kappa shape index (κ3) is 5.16. The normalized spacial score (nSPS) is 11.3. The average molecular weight is 442 g/mol. The van der Waals surface area contributed by atoms with Gasteiger partial charge in [-0.15, -0.1) is 5.11 Å². The quantitative estimate of drug-likeness (QED) is 0.214. The number of aliphatic imine (C=N–C) groups is 1. The molecule has 0 aromatic heterocycles. The van der Waals surface area contributed by atoms with E-state index < -0.39 is 9.85 Å². The highest BCUT2D eigenvalue weighted by molar-refractivity contribution is 6.33. The minimum atomic E-state index is -0.625. The van der Waals surface area contributed by atoms with Gasteiger partial charge < -0.3 is 10.2 Å². The number of hydrogen-bond acceptors (Lipinski definition) is 9. The Bertz CT molecular complexity index is 1240. The number of hydrogen-bond donors (Lipinski definition) is 2. The number of nitrogens with zero attached hydrogens (tertiary/aromatic N) is 5. The third-order valence-electron chi connectivity index (χ3n) is 3.94. The molecular weight excluding hydrogens is 430 g/mol. The van der Waals surface area contributed by atoms with Crippen molar-refractivity contribution in [2.24, 2.45) is 15.2 Å². The molecule has 0 radical (unpaired) electrons. The van der Waals surface area contributed by atoms with Crippen molar-refractivity contribution in [3.8, 4) is 11.5 Å². The number of benzene rings is 3. The van der Waals surface area contributed by atoms with Gasteiger partial charge in [-0.2, -0.15) is 5.11 Å². The van der Waals surface area contributed by atoms with E-state index in [-0.39, 0.29) is 44.8 Å². The Morgan fingerprint density at radius 1 is 0.806 bits per heavy atom. The van der Waals surface area contributed by atoms with Gasteiger partial charge in [0.05, 0.1) is 20.6 Å². The fourth-order valence-electron chi connectivity index (χ4n) is 2.38. The molecule has 0 fully saturated rings. The van der Waals surface area contributed by atoms with Crippen molar-refractivity contribution in [3.63, 3.8) is 0 Å².